The Balaban J connectivity index is 1.53. The summed E-state index contributed by atoms with van der Waals surface area (Å²) in [6.45, 7) is 5.28. The van der Waals surface area contributed by atoms with E-state index in [1.165, 1.54) is 6.20 Å². The second kappa shape index (κ2) is 7.77. The fourth-order valence-corrected chi connectivity index (χ4v) is 2.59. The minimum atomic E-state index is -0.257. The molecule has 1 amide bonds. The minimum Gasteiger partial charge on any atom is -0.450 e. The van der Waals surface area contributed by atoms with Gasteiger partial charge in [-0.25, -0.2) is 4.79 Å². The lowest BCUT2D eigenvalue weighted by Crippen LogP contribution is -2.42. The Morgan fingerprint density at radius 2 is 2.20 bits per heavy atom. The first-order valence-electron chi connectivity index (χ1n) is 8.22. The fraction of sp³-hybridized carbons (Fsp3) is 0.533. The van der Waals surface area contributed by atoms with Gasteiger partial charge < -0.3 is 24.8 Å². The normalized spacial score (nSPS) is 15.0. The Labute approximate surface area is 144 Å². The predicted octanol–water partition coefficient (Wildman–Crippen LogP) is 1.94. The zero-order valence-corrected chi connectivity index (χ0v) is 14.2. The van der Waals surface area contributed by atoms with Gasteiger partial charge in [0, 0.05) is 25.2 Å². The number of nitrogens with zero attached hydrogens (tertiary/aromatic N) is 5. The molecular formula is C15H21N7O3. The van der Waals surface area contributed by atoms with Crippen LogP contribution in [0.4, 0.5) is 22.4 Å². The fourth-order valence-electron chi connectivity index (χ4n) is 2.59. The number of hydrogen-bond acceptors (Lipinski definition) is 9. The smallest absolute Gasteiger partial charge is 0.409 e. The Morgan fingerprint density at radius 3 is 2.88 bits per heavy atom. The maximum absolute atomic E-state index is 11.7. The van der Waals surface area contributed by atoms with Crippen LogP contribution in [0.15, 0.2) is 16.8 Å². The maximum atomic E-state index is 11.7. The number of piperidine rings is 1. The topological polar surface area (TPSA) is 118 Å². The SMILES string of the molecule is CCOC(=O)N1CCC(Nc2nncc(Nc3cc(C)on3)n2)CC1. The van der Waals surface area contributed by atoms with Crippen LogP contribution in [0.3, 0.4) is 0 Å². The quantitative estimate of drug-likeness (QED) is 0.836. The van der Waals surface area contributed by atoms with Crippen LogP contribution >= 0.6 is 0 Å². The first-order chi connectivity index (χ1) is 12.1. The molecule has 3 rings (SSSR count). The molecule has 0 aromatic carbocycles. The van der Waals surface area contributed by atoms with Crippen LogP contribution in [0.25, 0.3) is 0 Å². The molecule has 1 aliphatic heterocycles. The molecule has 1 fully saturated rings. The molecule has 0 radical (unpaired) electrons. The minimum absolute atomic E-state index is 0.178. The first kappa shape index (κ1) is 16.9. The molecule has 2 aromatic rings. The monoisotopic (exact) mass is 347 g/mol. The summed E-state index contributed by atoms with van der Waals surface area (Å²) < 4.78 is 10.0. The molecule has 0 aliphatic carbocycles. The van der Waals surface area contributed by atoms with Crippen LogP contribution in [0, 0.1) is 6.92 Å². The van der Waals surface area contributed by atoms with E-state index in [9.17, 15) is 4.79 Å². The number of carbonyl (C=O) groups is 1. The summed E-state index contributed by atoms with van der Waals surface area (Å²) in [5.74, 6) is 2.22. The molecule has 2 aromatic heterocycles. The van der Waals surface area contributed by atoms with Crippen molar-refractivity contribution in [2.45, 2.75) is 32.7 Å². The van der Waals surface area contributed by atoms with Crippen molar-refractivity contribution in [3.05, 3.63) is 18.0 Å². The van der Waals surface area contributed by atoms with E-state index in [0.717, 1.165) is 12.8 Å². The summed E-state index contributed by atoms with van der Waals surface area (Å²) in [4.78, 5) is 17.8. The van der Waals surface area contributed by atoms with Crippen molar-refractivity contribution in [1.29, 1.82) is 0 Å². The van der Waals surface area contributed by atoms with Crippen molar-refractivity contribution >= 4 is 23.7 Å². The summed E-state index contributed by atoms with van der Waals surface area (Å²) in [6, 6.07) is 1.94. The summed E-state index contributed by atoms with van der Waals surface area (Å²) in [7, 11) is 0. The highest BCUT2D eigenvalue weighted by molar-refractivity contribution is 5.67. The molecule has 1 aliphatic rings. The number of hydrogen-bond donors (Lipinski definition) is 2. The average molecular weight is 347 g/mol. The van der Waals surface area contributed by atoms with Gasteiger partial charge in [0.25, 0.3) is 0 Å². The highest BCUT2D eigenvalue weighted by Gasteiger charge is 2.24. The van der Waals surface area contributed by atoms with Gasteiger partial charge in [0.2, 0.25) is 5.95 Å². The van der Waals surface area contributed by atoms with Gasteiger partial charge >= 0.3 is 6.09 Å². The van der Waals surface area contributed by atoms with Gasteiger partial charge in [0.05, 0.1) is 12.8 Å². The van der Waals surface area contributed by atoms with E-state index in [1.54, 1.807) is 17.9 Å². The van der Waals surface area contributed by atoms with Gasteiger partial charge in [-0.2, -0.15) is 10.1 Å². The van der Waals surface area contributed by atoms with Crippen molar-refractivity contribution in [2.75, 3.05) is 30.3 Å². The molecule has 10 nitrogen and oxygen atoms in total. The van der Waals surface area contributed by atoms with Crippen molar-refractivity contribution < 1.29 is 14.1 Å². The number of likely N-dealkylation sites (tertiary alicyclic amines) is 1. The third-order valence-electron chi connectivity index (χ3n) is 3.80. The van der Waals surface area contributed by atoms with Crippen LogP contribution in [0.5, 0.6) is 0 Å². The van der Waals surface area contributed by atoms with E-state index in [-0.39, 0.29) is 12.1 Å². The lowest BCUT2D eigenvalue weighted by molar-refractivity contribution is 0.0983. The summed E-state index contributed by atoms with van der Waals surface area (Å²) in [6.07, 6.45) is 2.84. The molecule has 0 bridgehead atoms. The van der Waals surface area contributed by atoms with Gasteiger partial charge in [-0.1, -0.05) is 5.16 Å². The highest BCUT2D eigenvalue weighted by atomic mass is 16.6. The van der Waals surface area contributed by atoms with E-state index in [1.807, 2.05) is 6.92 Å². The van der Waals surface area contributed by atoms with E-state index in [4.69, 9.17) is 9.26 Å². The largest absolute Gasteiger partial charge is 0.450 e. The zero-order chi connectivity index (χ0) is 17.6. The highest BCUT2D eigenvalue weighted by Crippen LogP contribution is 2.17. The van der Waals surface area contributed by atoms with E-state index in [0.29, 0.717) is 43.0 Å². The predicted molar refractivity (Wildman–Crippen MR) is 89.6 cm³/mol. The van der Waals surface area contributed by atoms with Gasteiger partial charge in [0.15, 0.2) is 11.6 Å². The van der Waals surface area contributed by atoms with Crippen LogP contribution in [0.1, 0.15) is 25.5 Å². The van der Waals surface area contributed by atoms with Crippen LogP contribution < -0.4 is 10.6 Å². The van der Waals surface area contributed by atoms with Crippen LogP contribution in [0.2, 0.25) is 0 Å². The molecule has 3 heterocycles. The molecule has 0 saturated carbocycles. The lowest BCUT2D eigenvalue weighted by atomic mass is 10.1. The zero-order valence-electron chi connectivity index (χ0n) is 14.2. The summed E-state index contributed by atoms with van der Waals surface area (Å²) in [5, 5.41) is 18.1. The number of anilines is 3. The molecular weight excluding hydrogens is 326 g/mol. The van der Waals surface area contributed by atoms with Crippen molar-refractivity contribution in [2.24, 2.45) is 0 Å². The van der Waals surface area contributed by atoms with E-state index >= 15 is 0 Å². The average Bonchev–Trinajstić information content (AvgIpc) is 3.01. The Hall–Kier alpha value is -2.91. The lowest BCUT2D eigenvalue weighted by Gasteiger charge is -2.31. The van der Waals surface area contributed by atoms with Crippen molar-refractivity contribution in [3.63, 3.8) is 0 Å². The number of carbonyl (C=O) groups excluding carboxylic acids is 1. The number of rotatable bonds is 5. The molecule has 10 heteroatoms. The van der Waals surface area contributed by atoms with Gasteiger partial charge in [-0.3, -0.25) is 0 Å². The second-order valence-electron chi connectivity index (χ2n) is 5.72. The van der Waals surface area contributed by atoms with Gasteiger partial charge in [0.1, 0.15) is 5.76 Å². The molecule has 2 N–H and O–H groups in total. The van der Waals surface area contributed by atoms with Gasteiger partial charge in [-0.15, -0.1) is 5.10 Å². The Morgan fingerprint density at radius 1 is 1.40 bits per heavy atom. The molecule has 134 valence electrons. The Bertz CT molecular complexity index is 713. The van der Waals surface area contributed by atoms with Gasteiger partial charge in [-0.05, 0) is 26.7 Å². The molecule has 0 unspecified atom stereocenters. The van der Waals surface area contributed by atoms with Crippen LogP contribution in [-0.2, 0) is 4.74 Å². The molecule has 0 atom stereocenters. The van der Waals surface area contributed by atoms with Crippen molar-refractivity contribution in [1.82, 2.24) is 25.2 Å². The standard InChI is InChI=1S/C15H21N7O3/c1-3-24-15(23)22-6-4-11(5-7-22)17-14-19-13(9-16-20-14)18-12-8-10(2)25-21-12/h8-9,11H,3-7H2,1-2H3,(H2,17,18,19,20,21). The summed E-state index contributed by atoms with van der Waals surface area (Å²) >= 11 is 0. The molecule has 25 heavy (non-hydrogen) atoms. The summed E-state index contributed by atoms with van der Waals surface area (Å²) in [5.41, 5.74) is 0. The number of ether oxygens (including phenoxy) is 1. The van der Waals surface area contributed by atoms with Crippen LogP contribution in [-0.4, -0.2) is 57.1 Å². The molecule has 1 saturated heterocycles. The molecule has 0 spiro atoms. The number of aryl methyl sites for hydroxylation is 1. The Kier molecular flexibility index (Phi) is 5.26. The first-order valence-corrected chi connectivity index (χ1v) is 8.22. The van der Waals surface area contributed by atoms with E-state index < -0.39 is 0 Å². The number of nitrogens with one attached hydrogen (secondary N) is 2. The number of aromatic nitrogens is 4. The van der Waals surface area contributed by atoms with E-state index in [2.05, 4.69) is 31.0 Å². The third-order valence-corrected chi connectivity index (χ3v) is 3.80. The second-order valence-corrected chi connectivity index (χ2v) is 5.72. The van der Waals surface area contributed by atoms with Crippen molar-refractivity contribution in [3.8, 4) is 0 Å². The number of amides is 1. The third kappa shape index (κ3) is 4.55. The maximum Gasteiger partial charge on any atom is 0.409 e.